The van der Waals surface area contributed by atoms with Gasteiger partial charge in [-0.3, -0.25) is 9.97 Å². The maximum Gasteiger partial charge on any atom is 0.203 e. The molecular weight excluding hydrogens is 312 g/mol. The Balaban J connectivity index is 1.34. The van der Waals surface area contributed by atoms with Gasteiger partial charge in [0.1, 0.15) is 0 Å². The van der Waals surface area contributed by atoms with Crippen molar-refractivity contribution in [1.29, 1.82) is 0 Å². The number of hydrogen-bond donors (Lipinski definition) is 2. The highest BCUT2D eigenvalue weighted by molar-refractivity contribution is 5.60. The number of aryl methyl sites for hydroxylation is 2. The van der Waals surface area contributed by atoms with E-state index in [0.29, 0.717) is 0 Å². The first-order valence-electron chi connectivity index (χ1n) is 8.35. The lowest BCUT2D eigenvalue weighted by Crippen LogP contribution is -2.40. The summed E-state index contributed by atoms with van der Waals surface area (Å²) in [4.78, 5) is 8.12. The first kappa shape index (κ1) is 15.3. The fourth-order valence-corrected chi connectivity index (χ4v) is 2.86. The number of nitrogens with one attached hydrogen (secondary N) is 2. The van der Waals surface area contributed by atoms with Gasteiger partial charge < -0.3 is 0 Å². The third-order valence-corrected chi connectivity index (χ3v) is 4.19. The molecule has 4 rings (SSSR count). The normalized spacial score (nSPS) is 10.9. The molecule has 25 heavy (non-hydrogen) atoms. The molecular formula is C19H20N6+2. The molecule has 0 spiro atoms. The molecule has 6 nitrogen and oxygen atoms in total. The fourth-order valence-electron chi connectivity index (χ4n) is 2.86. The second-order valence-electron chi connectivity index (χ2n) is 5.93. The lowest BCUT2D eigenvalue weighted by atomic mass is 10.1. The smallest absolute Gasteiger partial charge is 0.203 e. The van der Waals surface area contributed by atoms with Crippen molar-refractivity contribution in [3.8, 4) is 22.3 Å². The molecule has 0 aliphatic rings. The van der Waals surface area contributed by atoms with Gasteiger partial charge in [-0.25, -0.2) is 0 Å². The Labute approximate surface area is 145 Å². The van der Waals surface area contributed by atoms with Crippen molar-refractivity contribution in [3.63, 3.8) is 0 Å². The molecule has 0 saturated heterocycles. The van der Waals surface area contributed by atoms with Gasteiger partial charge >= 0.3 is 0 Å². The summed E-state index contributed by atoms with van der Waals surface area (Å²) >= 11 is 0. The second-order valence-corrected chi connectivity index (χ2v) is 5.93. The van der Waals surface area contributed by atoms with Crippen molar-refractivity contribution < 1.29 is 9.36 Å². The van der Waals surface area contributed by atoms with Gasteiger partial charge in [0.05, 0.1) is 29.9 Å². The Morgan fingerprint density at radius 2 is 1.08 bits per heavy atom. The summed E-state index contributed by atoms with van der Waals surface area (Å²) in [6, 6.07) is 8.07. The predicted octanol–water partition coefficient (Wildman–Crippen LogP) is 2.13. The van der Waals surface area contributed by atoms with Gasteiger partial charge in [-0.15, -0.1) is 9.36 Å². The van der Waals surface area contributed by atoms with Gasteiger partial charge in [0.25, 0.3) is 0 Å². The third kappa shape index (κ3) is 3.63. The number of pyridine rings is 2. The summed E-state index contributed by atoms with van der Waals surface area (Å²) in [6.45, 7) is 1.86. The molecule has 0 aliphatic carbocycles. The van der Waals surface area contributed by atoms with Crippen molar-refractivity contribution in [2.45, 2.75) is 19.5 Å². The van der Waals surface area contributed by atoms with E-state index >= 15 is 0 Å². The molecule has 0 saturated carbocycles. The molecule has 124 valence electrons. The molecule has 4 aromatic rings. The van der Waals surface area contributed by atoms with E-state index in [1.807, 2.05) is 61.4 Å². The predicted molar refractivity (Wildman–Crippen MR) is 93.1 cm³/mol. The van der Waals surface area contributed by atoms with E-state index in [1.54, 1.807) is 0 Å². The molecule has 0 unspecified atom stereocenters. The van der Waals surface area contributed by atoms with Gasteiger partial charge in [-0.05, 0) is 35.4 Å². The quantitative estimate of drug-likeness (QED) is 0.531. The van der Waals surface area contributed by atoms with E-state index in [0.717, 1.165) is 19.5 Å². The molecule has 2 N–H and O–H groups in total. The van der Waals surface area contributed by atoms with Gasteiger partial charge in [0, 0.05) is 24.8 Å². The van der Waals surface area contributed by atoms with E-state index < -0.39 is 0 Å². The Bertz CT molecular complexity index is 849. The zero-order valence-electron chi connectivity index (χ0n) is 13.8. The van der Waals surface area contributed by atoms with Gasteiger partial charge in [0.15, 0.2) is 13.1 Å². The van der Waals surface area contributed by atoms with Gasteiger partial charge in [-0.2, -0.15) is 10.2 Å². The summed E-state index contributed by atoms with van der Waals surface area (Å²) in [5.41, 5.74) is 4.70. The average molecular weight is 332 g/mol. The third-order valence-electron chi connectivity index (χ3n) is 4.19. The molecule has 0 radical (unpaired) electrons. The highest BCUT2D eigenvalue weighted by Crippen LogP contribution is 2.15. The van der Waals surface area contributed by atoms with Crippen LogP contribution in [0.2, 0.25) is 0 Å². The largest absolute Gasteiger partial charge is 0.265 e. The standard InChI is InChI=1S/C19H18N6/c1(10-24-14-18(12-22-24)16-2-6-20-7-3-16)11-25-15-19(13-23-25)17-4-8-21-9-5-17/h2-9,12-15H,1,10-11H2/p+2. The Morgan fingerprint density at radius 1 is 0.640 bits per heavy atom. The molecule has 0 amide bonds. The van der Waals surface area contributed by atoms with E-state index in [-0.39, 0.29) is 0 Å². The molecule has 0 aliphatic heterocycles. The highest BCUT2D eigenvalue weighted by Gasteiger charge is 2.11. The SMILES string of the molecule is c1cc(-c2c[nH][n+](CCC[n+]3cc(-c4ccncc4)c[nH]3)c2)ccn1. The Hall–Kier alpha value is -3.28. The van der Waals surface area contributed by atoms with Crippen LogP contribution in [0.25, 0.3) is 22.3 Å². The molecule has 0 fully saturated rings. The van der Waals surface area contributed by atoms with Crippen LogP contribution in [0.3, 0.4) is 0 Å². The molecule has 0 atom stereocenters. The maximum absolute atomic E-state index is 4.06. The van der Waals surface area contributed by atoms with Crippen molar-refractivity contribution in [2.24, 2.45) is 0 Å². The van der Waals surface area contributed by atoms with Crippen molar-refractivity contribution in [1.82, 2.24) is 20.2 Å². The zero-order chi connectivity index (χ0) is 16.9. The number of aromatic amines is 2. The number of aromatic nitrogens is 6. The summed E-state index contributed by atoms with van der Waals surface area (Å²) in [5.74, 6) is 0. The van der Waals surface area contributed by atoms with Crippen LogP contribution in [0.4, 0.5) is 0 Å². The van der Waals surface area contributed by atoms with Crippen LogP contribution in [0, 0.1) is 0 Å². The minimum absolute atomic E-state index is 0.932. The number of H-pyrrole nitrogens is 2. The Morgan fingerprint density at radius 3 is 1.52 bits per heavy atom. The van der Waals surface area contributed by atoms with Crippen LogP contribution in [-0.2, 0) is 13.1 Å². The minimum atomic E-state index is 0.932. The molecule has 4 heterocycles. The van der Waals surface area contributed by atoms with Gasteiger partial charge in [-0.1, -0.05) is 0 Å². The van der Waals surface area contributed by atoms with Crippen LogP contribution >= 0.6 is 0 Å². The van der Waals surface area contributed by atoms with Crippen molar-refractivity contribution >= 4 is 0 Å². The number of nitrogens with zero attached hydrogens (tertiary/aromatic N) is 4. The van der Waals surface area contributed by atoms with Crippen LogP contribution < -0.4 is 9.36 Å². The summed E-state index contributed by atoms with van der Waals surface area (Å²) < 4.78 is 4.23. The summed E-state index contributed by atoms with van der Waals surface area (Å²) in [5, 5.41) is 6.58. The molecule has 0 aromatic carbocycles. The zero-order valence-corrected chi connectivity index (χ0v) is 13.8. The lowest BCUT2D eigenvalue weighted by molar-refractivity contribution is -0.777. The van der Waals surface area contributed by atoms with Crippen LogP contribution in [0.15, 0.2) is 73.8 Å². The second kappa shape index (κ2) is 7.09. The number of hydrogen-bond acceptors (Lipinski definition) is 2. The molecule has 0 bridgehead atoms. The highest BCUT2D eigenvalue weighted by atomic mass is 15.3. The average Bonchev–Trinajstić information content (AvgIpc) is 3.33. The van der Waals surface area contributed by atoms with Gasteiger partial charge in [0.2, 0.25) is 12.4 Å². The molecule has 4 aromatic heterocycles. The van der Waals surface area contributed by atoms with E-state index in [9.17, 15) is 0 Å². The van der Waals surface area contributed by atoms with E-state index in [1.165, 1.54) is 22.3 Å². The topological polar surface area (TPSA) is 65.1 Å². The minimum Gasteiger partial charge on any atom is -0.265 e. The lowest BCUT2D eigenvalue weighted by Gasteiger charge is -1.92. The van der Waals surface area contributed by atoms with E-state index in [4.69, 9.17) is 0 Å². The summed E-state index contributed by atoms with van der Waals surface area (Å²) in [7, 11) is 0. The van der Waals surface area contributed by atoms with Crippen molar-refractivity contribution in [3.05, 3.63) is 73.8 Å². The summed E-state index contributed by atoms with van der Waals surface area (Å²) in [6.07, 6.45) is 16.6. The first-order valence-corrected chi connectivity index (χ1v) is 8.35. The van der Waals surface area contributed by atoms with Crippen LogP contribution in [-0.4, -0.2) is 20.2 Å². The maximum atomic E-state index is 4.06. The van der Waals surface area contributed by atoms with Crippen LogP contribution in [0.1, 0.15) is 6.42 Å². The first-order chi connectivity index (χ1) is 12.4. The Kier molecular flexibility index (Phi) is 4.33. The number of rotatable bonds is 6. The fraction of sp³-hybridized carbons (Fsp3) is 0.158. The monoisotopic (exact) mass is 332 g/mol. The molecule has 6 heteroatoms. The van der Waals surface area contributed by atoms with Crippen LogP contribution in [0.5, 0.6) is 0 Å². The van der Waals surface area contributed by atoms with Crippen molar-refractivity contribution in [2.75, 3.05) is 0 Å². The van der Waals surface area contributed by atoms with E-state index in [2.05, 4.69) is 41.9 Å².